The molecule has 11 rings (SSSR count). The van der Waals surface area contributed by atoms with Gasteiger partial charge in [-0.25, -0.2) is 9.59 Å². The third kappa shape index (κ3) is 7.38. The van der Waals surface area contributed by atoms with E-state index in [1.54, 1.807) is 11.3 Å². The fraction of sp³-hybridized carbons (Fsp3) is 0.100. The molecule has 0 saturated heterocycles. The van der Waals surface area contributed by atoms with Gasteiger partial charge in [0.1, 0.15) is 11.5 Å². The normalized spacial score (nSPS) is 15.1. The van der Waals surface area contributed by atoms with Gasteiger partial charge in [-0.2, -0.15) is 0 Å². The number of thiophene rings is 1. The third-order valence-corrected chi connectivity index (χ3v) is 13.7. The smallest absolute Gasteiger partial charge is 0.339 e. The van der Waals surface area contributed by atoms with Crippen LogP contribution in [-0.4, -0.2) is 25.2 Å². The van der Waals surface area contributed by atoms with Crippen LogP contribution in [0.2, 0.25) is 0 Å². The quantitative estimate of drug-likeness (QED) is 0.127. The lowest BCUT2D eigenvalue weighted by molar-refractivity contribution is 0.0517. The highest BCUT2D eigenvalue weighted by Gasteiger charge is 2.36. The lowest BCUT2D eigenvalue weighted by atomic mass is 9.85. The Labute approximate surface area is 393 Å². The van der Waals surface area contributed by atoms with E-state index in [1.165, 1.54) is 0 Å². The molecule has 2 aliphatic heterocycles. The van der Waals surface area contributed by atoms with Crippen LogP contribution in [0.5, 0.6) is 11.5 Å². The van der Waals surface area contributed by atoms with Crippen LogP contribution >= 0.6 is 11.3 Å². The van der Waals surface area contributed by atoms with E-state index in [0.717, 1.165) is 75.8 Å². The van der Waals surface area contributed by atoms with Gasteiger partial charge in [-0.15, -0.1) is 11.3 Å². The number of fused-ring (bicyclic) bond motifs is 6. The maximum absolute atomic E-state index is 14.4. The maximum Gasteiger partial charge on any atom is 0.339 e. The number of carbonyl (C=O) groups is 2. The van der Waals surface area contributed by atoms with Gasteiger partial charge in [0.2, 0.25) is 0 Å². The van der Waals surface area contributed by atoms with Crippen molar-refractivity contribution >= 4 is 68.1 Å². The Bertz CT molecular complexity index is 3180. The van der Waals surface area contributed by atoms with Gasteiger partial charge < -0.3 is 18.9 Å². The summed E-state index contributed by atoms with van der Waals surface area (Å²) in [5.74, 6) is 0.428. The second-order valence-corrected chi connectivity index (χ2v) is 17.5. The summed E-state index contributed by atoms with van der Waals surface area (Å²) >= 11 is 1.62. The molecule has 7 heteroatoms. The van der Waals surface area contributed by atoms with Crippen LogP contribution < -0.4 is 9.47 Å². The molecule has 0 bridgehead atoms. The van der Waals surface area contributed by atoms with Crippen molar-refractivity contribution in [2.24, 2.45) is 0 Å². The zero-order valence-electron chi connectivity index (χ0n) is 36.9. The molecule has 326 valence electrons. The maximum atomic E-state index is 14.4. The minimum Gasteiger partial charge on any atom is -0.480 e. The molecular weight excluding hydrogens is 849 g/mol. The molecule has 8 aromatic carbocycles. The monoisotopic (exact) mass is 892 g/mol. The summed E-state index contributed by atoms with van der Waals surface area (Å²) in [5.41, 5.74) is 9.40. The lowest BCUT2D eigenvalue weighted by Gasteiger charge is -2.31. The number of hydrogen-bond donors (Lipinski definition) is 0. The topological polar surface area (TPSA) is 71.1 Å². The molecule has 0 fully saturated rings. The van der Waals surface area contributed by atoms with Crippen LogP contribution in [0.15, 0.2) is 182 Å². The highest BCUT2D eigenvalue weighted by atomic mass is 32.1. The number of ether oxygens (including phenoxy) is 4. The zero-order valence-corrected chi connectivity index (χ0v) is 37.7. The summed E-state index contributed by atoms with van der Waals surface area (Å²) < 4.78 is 26.2. The van der Waals surface area contributed by atoms with Crippen molar-refractivity contribution < 1.29 is 28.5 Å². The molecule has 0 amide bonds. The van der Waals surface area contributed by atoms with Crippen molar-refractivity contribution in [1.29, 1.82) is 0 Å². The van der Waals surface area contributed by atoms with Crippen LogP contribution in [0.25, 0.3) is 67.1 Å². The Morgan fingerprint density at radius 3 is 1.16 bits per heavy atom. The number of carbonyl (C=O) groups excluding carboxylic acids is 2. The summed E-state index contributed by atoms with van der Waals surface area (Å²) in [6.07, 6.45) is 3.23. The van der Waals surface area contributed by atoms with Crippen molar-refractivity contribution in [3.05, 3.63) is 225 Å². The van der Waals surface area contributed by atoms with E-state index in [2.05, 4.69) is 60.7 Å². The van der Waals surface area contributed by atoms with Crippen molar-refractivity contribution in [3.8, 4) is 33.8 Å². The molecule has 0 N–H and O–H groups in total. The lowest BCUT2D eigenvalue weighted by Crippen LogP contribution is -2.18. The third-order valence-electron chi connectivity index (χ3n) is 12.5. The molecule has 9 aromatic rings. The van der Waals surface area contributed by atoms with Crippen LogP contribution in [0.4, 0.5) is 0 Å². The van der Waals surface area contributed by atoms with E-state index in [9.17, 15) is 9.59 Å². The Morgan fingerprint density at radius 1 is 0.448 bits per heavy atom. The van der Waals surface area contributed by atoms with Crippen molar-refractivity contribution in [2.45, 2.75) is 26.1 Å². The first-order chi connectivity index (χ1) is 33.0. The van der Waals surface area contributed by atoms with Crippen LogP contribution in [0, 0.1) is 0 Å². The van der Waals surface area contributed by atoms with E-state index in [0.29, 0.717) is 33.8 Å². The molecular formula is C60H44O6S. The van der Waals surface area contributed by atoms with Crippen LogP contribution in [0.1, 0.15) is 78.8 Å². The van der Waals surface area contributed by atoms with Gasteiger partial charge in [0.15, 0.2) is 12.2 Å². The minimum absolute atomic E-state index is 0.219. The Morgan fingerprint density at radius 2 is 0.791 bits per heavy atom. The van der Waals surface area contributed by atoms with Crippen molar-refractivity contribution in [1.82, 2.24) is 0 Å². The molecule has 0 saturated carbocycles. The first-order valence-electron chi connectivity index (χ1n) is 22.6. The standard InChI is InChI=1S/C60H44O6S/c1-3-63-59(61)53-47-35-45(55(39-25-13-7-14-26-39)65-57(47)43-31-19-17-29-41(43)51(53)37-21-9-5-10-22-37)49-33-34-50(67-49)46-36-48-54(60(62)64-4-2)52(38-23-11-6-12-24-38)42-30-18-20-32-44(42)58(48)66-56(46)40-27-15-8-16-28-40/h5-36,55-56H,3-4H2,1-2H3. The largest absolute Gasteiger partial charge is 0.480 e. The Kier molecular flexibility index (Phi) is 11.1. The van der Waals surface area contributed by atoms with Crippen LogP contribution in [0.3, 0.4) is 0 Å². The van der Waals surface area contributed by atoms with Gasteiger partial charge in [0, 0.05) is 53.9 Å². The fourth-order valence-corrected chi connectivity index (χ4v) is 10.7. The second-order valence-electron chi connectivity index (χ2n) is 16.4. The summed E-state index contributed by atoms with van der Waals surface area (Å²) in [5, 5.41) is 3.61. The average molecular weight is 893 g/mol. The Hall–Kier alpha value is -8.00. The van der Waals surface area contributed by atoms with Crippen molar-refractivity contribution in [2.75, 3.05) is 13.2 Å². The van der Waals surface area contributed by atoms with Crippen molar-refractivity contribution in [3.63, 3.8) is 0 Å². The predicted molar refractivity (Wildman–Crippen MR) is 270 cm³/mol. The van der Waals surface area contributed by atoms with Gasteiger partial charge in [0.25, 0.3) is 0 Å². The van der Waals surface area contributed by atoms with E-state index in [1.807, 2.05) is 147 Å². The molecule has 2 aliphatic rings. The highest BCUT2D eigenvalue weighted by Crippen LogP contribution is 2.54. The van der Waals surface area contributed by atoms with E-state index < -0.39 is 24.1 Å². The molecule has 2 atom stereocenters. The van der Waals surface area contributed by atoms with Gasteiger partial charge in [-0.05, 0) is 71.2 Å². The summed E-state index contributed by atoms with van der Waals surface area (Å²) in [7, 11) is 0. The van der Waals surface area contributed by atoms with E-state index in [4.69, 9.17) is 18.9 Å². The summed E-state index contributed by atoms with van der Waals surface area (Å²) in [6.45, 7) is 4.09. The second kappa shape index (κ2) is 17.8. The molecule has 3 heterocycles. The summed E-state index contributed by atoms with van der Waals surface area (Å²) in [6, 6.07) is 60.9. The highest BCUT2D eigenvalue weighted by molar-refractivity contribution is 7.14. The summed E-state index contributed by atoms with van der Waals surface area (Å²) in [4.78, 5) is 30.7. The van der Waals surface area contributed by atoms with Gasteiger partial charge >= 0.3 is 11.9 Å². The first-order valence-corrected chi connectivity index (χ1v) is 23.4. The zero-order chi connectivity index (χ0) is 45.4. The number of hydrogen-bond acceptors (Lipinski definition) is 7. The van der Waals surface area contributed by atoms with Gasteiger partial charge in [0.05, 0.1) is 24.3 Å². The van der Waals surface area contributed by atoms with Gasteiger partial charge in [-0.3, -0.25) is 0 Å². The number of rotatable bonds is 10. The SMILES string of the molecule is CCOC(=O)c1c2c(c3ccccc3c1-c1ccccc1)OC(c1ccccc1)C(c1ccc(C3=Cc4c(C(=O)OCC)c(-c5ccccc5)c5ccccc5c4OC3c3ccccc3)s1)=C2. The molecule has 67 heavy (non-hydrogen) atoms. The predicted octanol–water partition coefficient (Wildman–Crippen LogP) is 15.1. The van der Waals surface area contributed by atoms with E-state index >= 15 is 0 Å². The minimum atomic E-state index is -0.515. The molecule has 0 radical (unpaired) electrons. The molecule has 1 aromatic heterocycles. The number of benzene rings is 8. The van der Waals surface area contributed by atoms with E-state index in [-0.39, 0.29) is 13.2 Å². The molecule has 0 aliphatic carbocycles. The average Bonchev–Trinajstić information content (AvgIpc) is 3.88. The molecule has 0 spiro atoms. The first kappa shape index (κ1) is 41.7. The Balaban J connectivity index is 1.16. The number of esters is 2. The van der Waals surface area contributed by atoms with Crippen LogP contribution in [-0.2, 0) is 9.47 Å². The fourth-order valence-electron chi connectivity index (χ4n) is 9.65. The van der Waals surface area contributed by atoms with Gasteiger partial charge in [-0.1, -0.05) is 170 Å². The molecule has 6 nitrogen and oxygen atoms in total. The molecule has 2 unspecified atom stereocenters.